The molecule has 0 aliphatic heterocycles. The molecule has 0 radical (unpaired) electrons. The van der Waals surface area contributed by atoms with Crippen molar-refractivity contribution in [3.8, 4) is 27.2 Å². The Morgan fingerprint density at radius 3 is 2.64 bits per heavy atom. The Hall–Kier alpha value is -2.00. The monoisotopic (exact) mass is 343 g/mol. The zero-order valence-corrected chi connectivity index (χ0v) is 12.7. The molecule has 0 atom stereocenters. The number of nitrogens with zero attached hydrogens (tertiary/aromatic N) is 3. The van der Waals surface area contributed by atoms with Crippen molar-refractivity contribution in [3.05, 3.63) is 34.8 Å². The molecule has 0 bridgehead atoms. The number of ether oxygens (including phenoxy) is 1. The Morgan fingerprint density at radius 1 is 1.14 bits per heavy atom. The van der Waals surface area contributed by atoms with Gasteiger partial charge < -0.3 is 4.74 Å². The third-order valence-corrected chi connectivity index (χ3v) is 4.48. The van der Waals surface area contributed by atoms with Crippen LogP contribution in [0.5, 0.6) is 5.75 Å². The molecule has 4 nitrogen and oxygen atoms in total. The molecular formula is C13H8F3N3OS2. The van der Waals surface area contributed by atoms with Gasteiger partial charge in [0.15, 0.2) is 16.5 Å². The summed E-state index contributed by atoms with van der Waals surface area (Å²) in [5.41, 5.74) is -0.351. The fourth-order valence-electron chi connectivity index (χ4n) is 1.74. The van der Waals surface area contributed by atoms with Crippen LogP contribution in [0.4, 0.5) is 13.2 Å². The molecule has 0 spiro atoms. The summed E-state index contributed by atoms with van der Waals surface area (Å²) >= 11 is 2.29. The second kappa shape index (κ2) is 5.65. The summed E-state index contributed by atoms with van der Waals surface area (Å²) in [7, 11) is 1.55. The summed E-state index contributed by atoms with van der Waals surface area (Å²) in [6, 6.07) is 3.48. The van der Waals surface area contributed by atoms with Crippen molar-refractivity contribution < 1.29 is 17.9 Å². The van der Waals surface area contributed by atoms with Crippen LogP contribution < -0.4 is 4.74 Å². The first kappa shape index (κ1) is 14.9. The quantitative estimate of drug-likeness (QED) is 0.709. The lowest BCUT2D eigenvalue weighted by Gasteiger charge is -2.03. The van der Waals surface area contributed by atoms with E-state index in [1.54, 1.807) is 19.2 Å². The highest BCUT2D eigenvalue weighted by Gasteiger charge is 2.34. The molecule has 0 N–H and O–H groups in total. The van der Waals surface area contributed by atoms with E-state index in [2.05, 4.69) is 15.0 Å². The lowest BCUT2D eigenvalue weighted by atomic mass is 10.3. The summed E-state index contributed by atoms with van der Waals surface area (Å²) in [6.07, 6.45) is -2.98. The summed E-state index contributed by atoms with van der Waals surface area (Å²) in [5, 5.41) is 2.93. The van der Waals surface area contributed by atoms with Crippen LogP contribution in [-0.2, 0) is 6.18 Å². The van der Waals surface area contributed by atoms with Gasteiger partial charge in [0.25, 0.3) is 0 Å². The first-order valence-corrected chi connectivity index (χ1v) is 7.73. The summed E-state index contributed by atoms with van der Waals surface area (Å²) in [4.78, 5) is 12.6. The minimum absolute atomic E-state index is 0.129. The standard InChI is InChI=1S/C13H8F3N3OS2/c1-20-8-3-5-21-10(8)7-2-4-17-11(18-7)12-19-9(6-22-12)13(14,15)16/h2-6H,1H3. The van der Waals surface area contributed by atoms with E-state index in [0.717, 1.165) is 21.6 Å². The summed E-state index contributed by atoms with van der Waals surface area (Å²) < 4.78 is 43.0. The van der Waals surface area contributed by atoms with E-state index in [1.807, 2.05) is 5.38 Å². The fourth-order valence-corrected chi connectivity index (χ4v) is 3.33. The van der Waals surface area contributed by atoms with Crippen LogP contribution in [0.1, 0.15) is 5.69 Å². The highest BCUT2D eigenvalue weighted by molar-refractivity contribution is 7.14. The summed E-state index contributed by atoms with van der Waals surface area (Å²) in [5.74, 6) is 0.818. The number of aromatic nitrogens is 3. The van der Waals surface area contributed by atoms with Gasteiger partial charge in [0.2, 0.25) is 0 Å². The van der Waals surface area contributed by atoms with Crippen molar-refractivity contribution in [1.29, 1.82) is 0 Å². The topological polar surface area (TPSA) is 47.9 Å². The molecule has 3 aromatic heterocycles. The van der Waals surface area contributed by atoms with Crippen LogP contribution in [0.15, 0.2) is 29.1 Å². The maximum absolute atomic E-state index is 12.6. The molecule has 0 unspecified atom stereocenters. The maximum atomic E-state index is 12.6. The van der Waals surface area contributed by atoms with Crippen LogP contribution in [0, 0.1) is 0 Å². The lowest BCUT2D eigenvalue weighted by molar-refractivity contribution is -0.140. The van der Waals surface area contributed by atoms with Crippen molar-refractivity contribution in [2.45, 2.75) is 6.18 Å². The normalized spacial score (nSPS) is 11.6. The SMILES string of the molecule is COc1ccsc1-c1ccnc(-c2nc(C(F)(F)F)cs2)n1. The fraction of sp³-hybridized carbons (Fsp3) is 0.154. The number of hydrogen-bond acceptors (Lipinski definition) is 6. The number of alkyl halides is 3. The van der Waals surface area contributed by atoms with Crippen LogP contribution >= 0.6 is 22.7 Å². The van der Waals surface area contributed by atoms with Gasteiger partial charge in [0, 0.05) is 11.6 Å². The molecular weight excluding hydrogens is 335 g/mol. The molecule has 3 aromatic rings. The molecule has 3 heterocycles. The van der Waals surface area contributed by atoms with Crippen molar-refractivity contribution in [2.24, 2.45) is 0 Å². The molecule has 0 saturated carbocycles. The molecule has 9 heteroatoms. The highest BCUT2D eigenvalue weighted by atomic mass is 32.1. The molecule has 0 fully saturated rings. The number of halogens is 3. The van der Waals surface area contributed by atoms with E-state index in [0.29, 0.717) is 11.4 Å². The Kier molecular flexibility index (Phi) is 3.83. The van der Waals surface area contributed by atoms with Crippen molar-refractivity contribution in [2.75, 3.05) is 7.11 Å². The van der Waals surface area contributed by atoms with Gasteiger partial charge in [-0.1, -0.05) is 0 Å². The number of rotatable bonds is 3. The molecule has 22 heavy (non-hydrogen) atoms. The maximum Gasteiger partial charge on any atom is 0.434 e. The first-order valence-electron chi connectivity index (χ1n) is 5.97. The van der Waals surface area contributed by atoms with Gasteiger partial charge in [-0.25, -0.2) is 15.0 Å². The van der Waals surface area contributed by atoms with E-state index < -0.39 is 11.9 Å². The van der Waals surface area contributed by atoms with Gasteiger partial charge in [0.05, 0.1) is 17.7 Å². The molecule has 0 aliphatic carbocycles. The van der Waals surface area contributed by atoms with Crippen molar-refractivity contribution in [3.63, 3.8) is 0 Å². The Balaban J connectivity index is 2.00. The minimum Gasteiger partial charge on any atom is -0.495 e. The second-order valence-electron chi connectivity index (χ2n) is 4.12. The predicted molar refractivity (Wildman–Crippen MR) is 78.0 cm³/mol. The smallest absolute Gasteiger partial charge is 0.434 e. The molecule has 0 aromatic carbocycles. The first-order chi connectivity index (χ1) is 10.5. The van der Waals surface area contributed by atoms with Crippen LogP contribution in [0.2, 0.25) is 0 Å². The van der Waals surface area contributed by atoms with E-state index in [4.69, 9.17) is 4.74 Å². The third-order valence-electron chi connectivity index (χ3n) is 2.72. The van der Waals surface area contributed by atoms with Crippen molar-refractivity contribution in [1.82, 2.24) is 15.0 Å². The largest absolute Gasteiger partial charge is 0.495 e. The Labute approximate surface area is 131 Å². The minimum atomic E-state index is -4.47. The van der Waals surface area contributed by atoms with Crippen LogP contribution in [0.25, 0.3) is 21.4 Å². The van der Waals surface area contributed by atoms with E-state index in [1.165, 1.54) is 17.5 Å². The zero-order chi connectivity index (χ0) is 15.7. The van der Waals surface area contributed by atoms with E-state index >= 15 is 0 Å². The average molecular weight is 343 g/mol. The highest BCUT2D eigenvalue weighted by Crippen LogP contribution is 2.36. The lowest BCUT2D eigenvalue weighted by Crippen LogP contribution is -2.05. The average Bonchev–Trinajstić information content (AvgIpc) is 3.16. The van der Waals surface area contributed by atoms with E-state index in [-0.39, 0.29) is 10.8 Å². The van der Waals surface area contributed by atoms with Gasteiger partial charge in [0.1, 0.15) is 5.75 Å². The molecule has 3 rings (SSSR count). The zero-order valence-electron chi connectivity index (χ0n) is 11.1. The van der Waals surface area contributed by atoms with Gasteiger partial charge in [-0.15, -0.1) is 22.7 Å². The number of methoxy groups -OCH3 is 1. The molecule has 0 saturated heterocycles. The van der Waals surface area contributed by atoms with Gasteiger partial charge in [-0.3, -0.25) is 0 Å². The molecule has 114 valence electrons. The van der Waals surface area contributed by atoms with Gasteiger partial charge in [-0.2, -0.15) is 13.2 Å². The van der Waals surface area contributed by atoms with Gasteiger partial charge >= 0.3 is 6.18 Å². The van der Waals surface area contributed by atoms with Gasteiger partial charge in [-0.05, 0) is 17.5 Å². The predicted octanol–water partition coefficient (Wildman–Crippen LogP) is 4.36. The Bertz CT molecular complexity index is 798. The second-order valence-corrected chi connectivity index (χ2v) is 5.89. The summed E-state index contributed by atoms with van der Waals surface area (Å²) in [6.45, 7) is 0. The molecule has 0 amide bonds. The number of hydrogen-bond donors (Lipinski definition) is 0. The third kappa shape index (κ3) is 2.81. The van der Waals surface area contributed by atoms with Crippen molar-refractivity contribution >= 4 is 22.7 Å². The van der Waals surface area contributed by atoms with Crippen LogP contribution in [-0.4, -0.2) is 22.1 Å². The van der Waals surface area contributed by atoms with E-state index in [9.17, 15) is 13.2 Å². The molecule has 0 aliphatic rings. The Morgan fingerprint density at radius 2 is 1.95 bits per heavy atom. The number of thiophene rings is 1. The van der Waals surface area contributed by atoms with Crippen LogP contribution in [0.3, 0.4) is 0 Å². The number of thiazole rings is 1.